The molecule has 0 bridgehead atoms. The number of ketones is 1. The van der Waals surface area contributed by atoms with Crippen molar-refractivity contribution in [2.24, 2.45) is 0 Å². The molecule has 1 heterocycles. The molecule has 0 spiro atoms. The first-order valence-electron chi connectivity index (χ1n) is 7.02. The molecule has 1 aromatic heterocycles. The molecule has 3 rings (SSSR count). The molecule has 0 aliphatic heterocycles. The van der Waals surface area contributed by atoms with E-state index < -0.39 is 0 Å². The molecule has 0 atom stereocenters. The Morgan fingerprint density at radius 1 is 1.29 bits per heavy atom. The van der Waals surface area contributed by atoms with E-state index >= 15 is 0 Å². The van der Waals surface area contributed by atoms with E-state index in [1.165, 1.54) is 6.07 Å². The van der Waals surface area contributed by atoms with Gasteiger partial charge >= 0.3 is 0 Å². The van der Waals surface area contributed by atoms with Crippen molar-refractivity contribution in [3.8, 4) is 0 Å². The van der Waals surface area contributed by atoms with Gasteiger partial charge in [0.05, 0.1) is 4.92 Å². The van der Waals surface area contributed by atoms with Crippen LogP contribution in [-0.2, 0) is 13.0 Å². The number of nitro benzene ring substituents is 1. The van der Waals surface area contributed by atoms with Crippen molar-refractivity contribution >= 4 is 11.5 Å². The SMILES string of the molecule is Cc1cc2c(n1Cc1cccc([N+](=O)[O-])c1)CCCC2=O. The van der Waals surface area contributed by atoms with Crippen LogP contribution in [0.25, 0.3) is 0 Å². The van der Waals surface area contributed by atoms with Gasteiger partial charge in [-0.05, 0) is 31.4 Å². The highest BCUT2D eigenvalue weighted by Crippen LogP contribution is 2.26. The third-order valence-corrected chi connectivity index (χ3v) is 4.00. The second kappa shape index (κ2) is 5.16. The average molecular weight is 284 g/mol. The van der Waals surface area contributed by atoms with Crippen molar-refractivity contribution in [3.63, 3.8) is 0 Å². The topological polar surface area (TPSA) is 65.1 Å². The number of hydrogen-bond acceptors (Lipinski definition) is 3. The van der Waals surface area contributed by atoms with E-state index in [0.29, 0.717) is 13.0 Å². The number of Topliss-reactive ketones (excluding diaryl/α,β-unsaturated/α-hetero) is 1. The number of nitrogens with zero attached hydrogens (tertiary/aromatic N) is 2. The molecule has 5 heteroatoms. The van der Waals surface area contributed by atoms with Crippen LogP contribution < -0.4 is 0 Å². The maximum absolute atomic E-state index is 11.9. The summed E-state index contributed by atoms with van der Waals surface area (Å²) in [6, 6.07) is 8.60. The first-order chi connectivity index (χ1) is 10.1. The van der Waals surface area contributed by atoms with E-state index in [0.717, 1.165) is 35.4 Å². The molecule has 0 saturated carbocycles. The minimum atomic E-state index is -0.384. The minimum Gasteiger partial charge on any atom is -0.344 e. The molecule has 1 aliphatic carbocycles. The zero-order valence-corrected chi connectivity index (χ0v) is 11.8. The lowest BCUT2D eigenvalue weighted by molar-refractivity contribution is -0.384. The van der Waals surface area contributed by atoms with Gasteiger partial charge in [0, 0.05) is 42.0 Å². The molecular formula is C16H16N2O3. The highest BCUT2D eigenvalue weighted by molar-refractivity contribution is 5.98. The molecule has 5 nitrogen and oxygen atoms in total. The van der Waals surface area contributed by atoms with Gasteiger partial charge in [-0.15, -0.1) is 0 Å². The fourth-order valence-corrected chi connectivity index (χ4v) is 2.96. The van der Waals surface area contributed by atoms with Crippen LogP contribution in [0, 0.1) is 17.0 Å². The monoisotopic (exact) mass is 284 g/mol. The van der Waals surface area contributed by atoms with Crippen molar-refractivity contribution in [2.75, 3.05) is 0 Å². The molecule has 2 aromatic rings. The summed E-state index contributed by atoms with van der Waals surface area (Å²) in [7, 11) is 0. The zero-order valence-electron chi connectivity index (χ0n) is 11.8. The summed E-state index contributed by atoms with van der Waals surface area (Å²) < 4.78 is 2.10. The lowest BCUT2D eigenvalue weighted by atomic mass is 9.96. The smallest absolute Gasteiger partial charge is 0.269 e. The van der Waals surface area contributed by atoms with Crippen molar-refractivity contribution in [3.05, 3.63) is 63.0 Å². The van der Waals surface area contributed by atoms with Gasteiger partial charge in [0.1, 0.15) is 0 Å². The Bertz CT molecular complexity index is 731. The summed E-state index contributed by atoms with van der Waals surface area (Å²) in [5, 5.41) is 10.9. The summed E-state index contributed by atoms with van der Waals surface area (Å²) in [5.41, 5.74) is 3.90. The molecule has 0 saturated heterocycles. The molecule has 0 fully saturated rings. The highest BCUT2D eigenvalue weighted by Gasteiger charge is 2.22. The van der Waals surface area contributed by atoms with E-state index in [1.54, 1.807) is 12.1 Å². The lowest BCUT2D eigenvalue weighted by Gasteiger charge is -2.16. The van der Waals surface area contributed by atoms with E-state index in [2.05, 4.69) is 4.57 Å². The number of benzene rings is 1. The normalized spacial score (nSPS) is 14.0. The largest absolute Gasteiger partial charge is 0.344 e. The summed E-state index contributed by atoms with van der Waals surface area (Å²) in [4.78, 5) is 22.4. The van der Waals surface area contributed by atoms with Crippen LogP contribution in [0.3, 0.4) is 0 Å². The van der Waals surface area contributed by atoms with E-state index in [-0.39, 0.29) is 16.4 Å². The molecule has 0 radical (unpaired) electrons. The number of carbonyl (C=O) groups excluding carboxylic acids is 1. The third-order valence-electron chi connectivity index (χ3n) is 4.00. The summed E-state index contributed by atoms with van der Waals surface area (Å²) >= 11 is 0. The van der Waals surface area contributed by atoms with Crippen LogP contribution in [0.4, 0.5) is 5.69 Å². The number of non-ortho nitro benzene ring substituents is 1. The van der Waals surface area contributed by atoms with Gasteiger partial charge in [-0.25, -0.2) is 0 Å². The fraction of sp³-hybridized carbons (Fsp3) is 0.312. The Morgan fingerprint density at radius 3 is 2.86 bits per heavy atom. The maximum Gasteiger partial charge on any atom is 0.269 e. The average Bonchev–Trinajstić information content (AvgIpc) is 2.78. The number of aryl methyl sites for hydroxylation is 1. The Hall–Kier alpha value is -2.43. The van der Waals surface area contributed by atoms with Gasteiger partial charge in [0.2, 0.25) is 0 Å². The fourth-order valence-electron chi connectivity index (χ4n) is 2.96. The molecule has 108 valence electrons. The molecular weight excluding hydrogens is 268 g/mol. The predicted octanol–water partition coefficient (Wildman–Crippen LogP) is 3.27. The van der Waals surface area contributed by atoms with E-state index in [9.17, 15) is 14.9 Å². The highest BCUT2D eigenvalue weighted by atomic mass is 16.6. The number of fused-ring (bicyclic) bond motifs is 1. The van der Waals surface area contributed by atoms with Gasteiger partial charge in [-0.1, -0.05) is 12.1 Å². The molecule has 21 heavy (non-hydrogen) atoms. The first-order valence-corrected chi connectivity index (χ1v) is 7.02. The number of carbonyl (C=O) groups is 1. The Morgan fingerprint density at radius 2 is 2.10 bits per heavy atom. The Labute approximate surface area is 122 Å². The van der Waals surface area contributed by atoms with Crippen molar-refractivity contribution in [1.82, 2.24) is 4.57 Å². The first kappa shape index (κ1) is 13.5. The van der Waals surface area contributed by atoms with Crippen LogP contribution in [-0.4, -0.2) is 15.3 Å². The Kier molecular flexibility index (Phi) is 3.33. The molecule has 0 amide bonds. The van der Waals surface area contributed by atoms with Gasteiger partial charge in [-0.3, -0.25) is 14.9 Å². The number of rotatable bonds is 3. The zero-order chi connectivity index (χ0) is 15.0. The second-order valence-corrected chi connectivity index (χ2v) is 5.44. The standard InChI is InChI=1S/C16H16N2O3/c1-11-8-14-15(6-3-7-16(14)19)17(11)10-12-4-2-5-13(9-12)18(20)21/h2,4-5,8-9H,3,6-7,10H2,1H3. The molecule has 1 aromatic carbocycles. The number of aromatic nitrogens is 1. The van der Waals surface area contributed by atoms with Crippen LogP contribution >= 0.6 is 0 Å². The minimum absolute atomic E-state index is 0.0993. The lowest BCUT2D eigenvalue weighted by Crippen LogP contribution is -2.14. The summed E-state index contributed by atoms with van der Waals surface area (Å²) in [6.07, 6.45) is 2.39. The predicted molar refractivity (Wildman–Crippen MR) is 78.6 cm³/mol. The van der Waals surface area contributed by atoms with Gasteiger partial charge in [-0.2, -0.15) is 0 Å². The van der Waals surface area contributed by atoms with Crippen molar-refractivity contribution in [1.29, 1.82) is 0 Å². The quantitative estimate of drug-likeness (QED) is 0.641. The van der Waals surface area contributed by atoms with Crippen LogP contribution in [0.15, 0.2) is 30.3 Å². The van der Waals surface area contributed by atoms with E-state index in [4.69, 9.17) is 0 Å². The molecule has 1 aliphatic rings. The second-order valence-electron chi connectivity index (χ2n) is 5.44. The number of nitro groups is 1. The van der Waals surface area contributed by atoms with Crippen LogP contribution in [0.1, 0.15) is 40.2 Å². The van der Waals surface area contributed by atoms with Gasteiger partial charge in [0.25, 0.3) is 5.69 Å². The molecule has 0 N–H and O–H groups in total. The Balaban J connectivity index is 1.97. The van der Waals surface area contributed by atoms with E-state index in [1.807, 2.05) is 19.1 Å². The maximum atomic E-state index is 11.9. The molecule has 0 unspecified atom stereocenters. The number of hydrogen-bond donors (Lipinski definition) is 0. The van der Waals surface area contributed by atoms with Gasteiger partial charge < -0.3 is 4.57 Å². The summed E-state index contributed by atoms with van der Waals surface area (Å²) in [5.74, 6) is 0.206. The van der Waals surface area contributed by atoms with Gasteiger partial charge in [0.15, 0.2) is 5.78 Å². The van der Waals surface area contributed by atoms with Crippen LogP contribution in [0.5, 0.6) is 0 Å². The van der Waals surface area contributed by atoms with Crippen molar-refractivity contribution in [2.45, 2.75) is 32.7 Å². The van der Waals surface area contributed by atoms with Crippen LogP contribution in [0.2, 0.25) is 0 Å². The summed E-state index contributed by atoms with van der Waals surface area (Å²) in [6.45, 7) is 2.54. The third kappa shape index (κ3) is 2.46. The van der Waals surface area contributed by atoms with Crippen molar-refractivity contribution < 1.29 is 9.72 Å².